The average molecular weight is 240 g/mol. The lowest BCUT2D eigenvalue weighted by atomic mass is 9.69. The molecule has 0 aromatic heterocycles. The summed E-state index contributed by atoms with van der Waals surface area (Å²) in [4.78, 5) is 0. The van der Waals surface area contributed by atoms with Gasteiger partial charge in [-0.25, -0.2) is 0 Å². The van der Waals surface area contributed by atoms with Gasteiger partial charge in [0, 0.05) is 12.6 Å². The molecular weight excluding hydrogens is 208 g/mol. The van der Waals surface area contributed by atoms with E-state index in [9.17, 15) is 0 Å². The van der Waals surface area contributed by atoms with Gasteiger partial charge in [-0.15, -0.1) is 0 Å². The van der Waals surface area contributed by atoms with Gasteiger partial charge in [0.15, 0.2) is 0 Å². The molecule has 1 fully saturated rings. The summed E-state index contributed by atoms with van der Waals surface area (Å²) < 4.78 is 0. The lowest BCUT2D eigenvalue weighted by molar-refractivity contribution is 0.133. The highest BCUT2D eigenvalue weighted by Crippen LogP contribution is 2.39. The molecule has 2 nitrogen and oxygen atoms in total. The van der Waals surface area contributed by atoms with Gasteiger partial charge >= 0.3 is 0 Å². The fraction of sp³-hybridized carbons (Fsp3) is 1.00. The maximum absolute atomic E-state index is 3.70. The zero-order valence-electron chi connectivity index (χ0n) is 12.3. The van der Waals surface area contributed by atoms with Crippen LogP contribution in [0.2, 0.25) is 0 Å². The largest absolute Gasteiger partial charge is 0.315 e. The Morgan fingerprint density at radius 1 is 1.29 bits per heavy atom. The van der Waals surface area contributed by atoms with E-state index < -0.39 is 0 Å². The van der Waals surface area contributed by atoms with Gasteiger partial charge in [-0.1, -0.05) is 33.6 Å². The van der Waals surface area contributed by atoms with Crippen molar-refractivity contribution in [2.24, 2.45) is 11.3 Å². The third-order valence-electron chi connectivity index (χ3n) is 4.32. The van der Waals surface area contributed by atoms with Gasteiger partial charge in [0.25, 0.3) is 0 Å². The van der Waals surface area contributed by atoms with Crippen LogP contribution in [0.15, 0.2) is 0 Å². The van der Waals surface area contributed by atoms with E-state index in [1.807, 2.05) is 0 Å². The molecule has 0 heterocycles. The SMILES string of the molecule is CCCNCC(C)NCC1CCCCC1(C)C. The minimum absolute atomic E-state index is 0.543. The van der Waals surface area contributed by atoms with Gasteiger partial charge in [0.2, 0.25) is 0 Å². The van der Waals surface area contributed by atoms with Gasteiger partial charge in [-0.3, -0.25) is 0 Å². The smallest absolute Gasteiger partial charge is 0.0164 e. The first-order chi connectivity index (χ1) is 8.06. The van der Waals surface area contributed by atoms with E-state index in [0.29, 0.717) is 11.5 Å². The van der Waals surface area contributed by atoms with Crippen LogP contribution in [-0.2, 0) is 0 Å². The summed E-state index contributed by atoms with van der Waals surface area (Å²) in [6.45, 7) is 12.8. The minimum Gasteiger partial charge on any atom is -0.315 e. The zero-order chi connectivity index (χ0) is 12.7. The Balaban J connectivity index is 2.19. The van der Waals surface area contributed by atoms with Crippen LogP contribution in [0.4, 0.5) is 0 Å². The van der Waals surface area contributed by atoms with Gasteiger partial charge < -0.3 is 10.6 Å². The van der Waals surface area contributed by atoms with E-state index in [2.05, 4.69) is 38.3 Å². The van der Waals surface area contributed by atoms with Crippen molar-refractivity contribution in [2.45, 2.75) is 65.8 Å². The van der Waals surface area contributed by atoms with Crippen molar-refractivity contribution in [1.82, 2.24) is 10.6 Å². The highest BCUT2D eigenvalue weighted by molar-refractivity contribution is 4.84. The monoisotopic (exact) mass is 240 g/mol. The van der Waals surface area contributed by atoms with E-state index in [0.717, 1.165) is 19.0 Å². The first-order valence-electron chi connectivity index (χ1n) is 7.50. The molecule has 1 aliphatic rings. The molecule has 0 aliphatic heterocycles. The van der Waals surface area contributed by atoms with Crippen molar-refractivity contribution in [3.8, 4) is 0 Å². The van der Waals surface area contributed by atoms with Crippen LogP contribution in [-0.4, -0.2) is 25.7 Å². The molecule has 1 saturated carbocycles. The van der Waals surface area contributed by atoms with Crippen molar-refractivity contribution >= 4 is 0 Å². The highest BCUT2D eigenvalue weighted by atomic mass is 15.0. The first kappa shape index (κ1) is 15.0. The fourth-order valence-electron chi connectivity index (χ4n) is 2.86. The summed E-state index contributed by atoms with van der Waals surface area (Å²) in [6, 6.07) is 0.597. The van der Waals surface area contributed by atoms with Crippen molar-refractivity contribution in [2.75, 3.05) is 19.6 Å². The van der Waals surface area contributed by atoms with Gasteiger partial charge in [0.05, 0.1) is 0 Å². The maximum atomic E-state index is 3.70. The molecule has 2 N–H and O–H groups in total. The van der Waals surface area contributed by atoms with Crippen LogP contribution in [0.25, 0.3) is 0 Å². The summed E-state index contributed by atoms with van der Waals surface area (Å²) in [7, 11) is 0. The molecule has 1 aliphatic carbocycles. The van der Waals surface area contributed by atoms with Crippen molar-refractivity contribution in [3.63, 3.8) is 0 Å². The summed E-state index contributed by atoms with van der Waals surface area (Å²) in [5.41, 5.74) is 0.543. The summed E-state index contributed by atoms with van der Waals surface area (Å²) in [5, 5.41) is 7.19. The molecular formula is C15H32N2. The van der Waals surface area contributed by atoms with Crippen LogP contribution in [0.3, 0.4) is 0 Å². The predicted octanol–water partition coefficient (Wildman–Crippen LogP) is 3.18. The molecule has 0 aromatic carbocycles. The second-order valence-electron chi connectivity index (χ2n) is 6.44. The second kappa shape index (κ2) is 7.38. The molecule has 0 bridgehead atoms. The number of hydrogen-bond donors (Lipinski definition) is 2. The topological polar surface area (TPSA) is 24.1 Å². The molecule has 1 rings (SSSR count). The van der Waals surface area contributed by atoms with E-state index in [4.69, 9.17) is 0 Å². The number of rotatable bonds is 7. The van der Waals surface area contributed by atoms with Crippen LogP contribution < -0.4 is 10.6 Å². The summed E-state index contributed by atoms with van der Waals surface area (Å²) in [6.07, 6.45) is 6.90. The molecule has 102 valence electrons. The van der Waals surface area contributed by atoms with E-state index in [1.165, 1.54) is 38.6 Å². The Hall–Kier alpha value is -0.0800. The Bertz CT molecular complexity index is 201. The fourth-order valence-corrected chi connectivity index (χ4v) is 2.86. The van der Waals surface area contributed by atoms with E-state index >= 15 is 0 Å². The lowest BCUT2D eigenvalue weighted by Crippen LogP contribution is -2.42. The van der Waals surface area contributed by atoms with Crippen molar-refractivity contribution in [1.29, 1.82) is 0 Å². The van der Waals surface area contributed by atoms with Crippen molar-refractivity contribution < 1.29 is 0 Å². The quantitative estimate of drug-likeness (QED) is 0.668. The Morgan fingerprint density at radius 2 is 2.06 bits per heavy atom. The maximum Gasteiger partial charge on any atom is 0.0164 e. The van der Waals surface area contributed by atoms with Crippen molar-refractivity contribution in [3.05, 3.63) is 0 Å². The minimum atomic E-state index is 0.543. The van der Waals surface area contributed by atoms with Crippen LogP contribution >= 0.6 is 0 Å². The molecule has 2 heteroatoms. The third kappa shape index (κ3) is 5.39. The molecule has 0 saturated heterocycles. The van der Waals surface area contributed by atoms with Gasteiger partial charge in [-0.05, 0) is 50.6 Å². The Morgan fingerprint density at radius 3 is 2.71 bits per heavy atom. The zero-order valence-corrected chi connectivity index (χ0v) is 12.3. The molecule has 0 amide bonds. The molecule has 2 atom stereocenters. The van der Waals surface area contributed by atoms with E-state index in [-0.39, 0.29) is 0 Å². The number of nitrogens with one attached hydrogen (secondary N) is 2. The van der Waals surface area contributed by atoms with Gasteiger partial charge in [-0.2, -0.15) is 0 Å². The van der Waals surface area contributed by atoms with E-state index in [1.54, 1.807) is 0 Å². The molecule has 0 aromatic rings. The normalized spacial score (nSPS) is 25.8. The Kier molecular flexibility index (Phi) is 6.50. The predicted molar refractivity (Wildman–Crippen MR) is 76.4 cm³/mol. The standard InChI is InChI=1S/C15H32N2/c1-5-10-16-11-13(2)17-12-14-8-6-7-9-15(14,3)4/h13-14,16-17H,5-12H2,1-4H3. The average Bonchev–Trinajstić information content (AvgIpc) is 2.27. The third-order valence-corrected chi connectivity index (χ3v) is 4.32. The van der Waals surface area contributed by atoms with Crippen LogP contribution in [0.5, 0.6) is 0 Å². The molecule has 0 radical (unpaired) electrons. The number of hydrogen-bond acceptors (Lipinski definition) is 2. The molecule has 17 heavy (non-hydrogen) atoms. The van der Waals surface area contributed by atoms with Crippen LogP contribution in [0.1, 0.15) is 59.8 Å². The summed E-state index contributed by atoms with van der Waals surface area (Å²) >= 11 is 0. The van der Waals surface area contributed by atoms with Crippen LogP contribution in [0, 0.1) is 11.3 Å². The highest BCUT2D eigenvalue weighted by Gasteiger charge is 2.31. The molecule has 0 spiro atoms. The molecule has 2 unspecified atom stereocenters. The summed E-state index contributed by atoms with van der Waals surface area (Å²) in [5.74, 6) is 0.866. The lowest BCUT2D eigenvalue weighted by Gasteiger charge is -2.39. The Labute approximate surface area is 108 Å². The van der Waals surface area contributed by atoms with Gasteiger partial charge in [0.1, 0.15) is 0 Å². The second-order valence-corrected chi connectivity index (χ2v) is 6.44. The first-order valence-corrected chi connectivity index (χ1v) is 7.50.